The molecule has 1 aliphatic heterocycles. The molecule has 1 aromatic carbocycles. The summed E-state index contributed by atoms with van der Waals surface area (Å²) in [6.07, 6.45) is 4.33. The molecule has 2 heterocycles. The highest BCUT2D eigenvalue weighted by atomic mass is 32.2. The highest BCUT2D eigenvalue weighted by molar-refractivity contribution is 7.89. The lowest BCUT2D eigenvalue weighted by Crippen LogP contribution is -2.36. The summed E-state index contributed by atoms with van der Waals surface area (Å²) in [6.45, 7) is 2.70. The summed E-state index contributed by atoms with van der Waals surface area (Å²) >= 11 is 1.17. The van der Waals surface area contributed by atoms with Crippen molar-refractivity contribution in [1.29, 1.82) is 0 Å². The van der Waals surface area contributed by atoms with Gasteiger partial charge in [-0.25, -0.2) is 8.42 Å². The first-order valence-corrected chi connectivity index (χ1v) is 12.4. The molecule has 1 N–H and O–H groups in total. The molecule has 2 aromatic rings. The first kappa shape index (κ1) is 22.0. The van der Waals surface area contributed by atoms with E-state index in [4.69, 9.17) is 4.74 Å². The molecule has 0 radical (unpaired) electrons. The van der Waals surface area contributed by atoms with Crippen LogP contribution in [0.4, 0.5) is 0 Å². The van der Waals surface area contributed by atoms with Crippen LogP contribution in [0.5, 0.6) is 0 Å². The minimum Gasteiger partial charge on any atom is -0.381 e. The third-order valence-corrected chi connectivity index (χ3v) is 7.88. The van der Waals surface area contributed by atoms with Crippen molar-refractivity contribution in [2.45, 2.75) is 37.0 Å². The summed E-state index contributed by atoms with van der Waals surface area (Å²) in [5.41, 5.74) is 1.24. The fraction of sp³-hybridized carbons (Fsp3) is 0.476. The molecule has 0 unspecified atom stereocenters. The number of piperidine rings is 1. The van der Waals surface area contributed by atoms with Crippen LogP contribution in [-0.4, -0.2) is 51.5 Å². The van der Waals surface area contributed by atoms with Crippen LogP contribution < -0.4 is 5.32 Å². The van der Waals surface area contributed by atoms with E-state index in [0.29, 0.717) is 39.3 Å². The summed E-state index contributed by atoms with van der Waals surface area (Å²) in [4.78, 5) is 12.9. The van der Waals surface area contributed by atoms with Crippen LogP contribution in [0.3, 0.4) is 0 Å². The smallest absolute Gasteiger partial charge is 0.262 e. The Hall–Kier alpha value is -1.74. The Bertz CT molecular complexity index is 875. The molecule has 0 atom stereocenters. The predicted octanol–water partition coefficient (Wildman–Crippen LogP) is 3.30. The molecular formula is C21H28N2O4S2. The number of hydrogen-bond acceptors (Lipinski definition) is 5. The average molecular weight is 437 g/mol. The number of nitrogens with one attached hydrogen (secondary N) is 1. The molecule has 1 saturated heterocycles. The van der Waals surface area contributed by atoms with Gasteiger partial charge in [0.1, 0.15) is 9.77 Å². The van der Waals surface area contributed by atoms with Crippen LogP contribution in [0, 0.1) is 0 Å². The number of benzene rings is 1. The van der Waals surface area contributed by atoms with E-state index in [1.807, 2.05) is 18.2 Å². The van der Waals surface area contributed by atoms with Gasteiger partial charge in [-0.05, 0) is 42.7 Å². The van der Waals surface area contributed by atoms with Gasteiger partial charge in [0, 0.05) is 26.2 Å². The Morgan fingerprint density at radius 2 is 1.83 bits per heavy atom. The monoisotopic (exact) mass is 436 g/mol. The van der Waals surface area contributed by atoms with E-state index < -0.39 is 10.0 Å². The molecule has 158 valence electrons. The van der Waals surface area contributed by atoms with Crippen molar-refractivity contribution in [3.63, 3.8) is 0 Å². The average Bonchev–Trinajstić information content (AvgIpc) is 3.25. The Morgan fingerprint density at radius 3 is 2.59 bits per heavy atom. The highest BCUT2D eigenvalue weighted by Gasteiger charge is 2.30. The summed E-state index contributed by atoms with van der Waals surface area (Å²) in [7, 11) is -3.61. The Kier molecular flexibility index (Phi) is 8.23. The first-order valence-electron chi connectivity index (χ1n) is 10.1. The molecule has 3 rings (SSSR count). The fourth-order valence-corrected chi connectivity index (χ4v) is 6.14. The highest BCUT2D eigenvalue weighted by Crippen LogP contribution is 2.27. The van der Waals surface area contributed by atoms with Crippen molar-refractivity contribution in [1.82, 2.24) is 9.62 Å². The second-order valence-corrected chi connectivity index (χ2v) is 9.86. The van der Waals surface area contributed by atoms with Crippen molar-refractivity contribution >= 4 is 27.3 Å². The molecule has 0 aliphatic carbocycles. The van der Waals surface area contributed by atoms with Gasteiger partial charge in [-0.15, -0.1) is 11.3 Å². The van der Waals surface area contributed by atoms with E-state index in [1.54, 1.807) is 5.38 Å². The normalized spacial score (nSPS) is 15.3. The maximum Gasteiger partial charge on any atom is 0.262 e. The summed E-state index contributed by atoms with van der Waals surface area (Å²) in [5, 5.41) is 4.48. The molecule has 29 heavy (non-hydrogen) atoms. The molecule has 0 bridgehead atoms. The Balaban J connectivity index is 1.42. The number of sulfonamides is 1. The van der Waals surface area contributed by atoms with Gasteiger partial charge in [-0.2, -0.15) is 4.31 Å². The van der Waals surface area contributed by atoms with Crippen molar-refractivity contribution in [3.8, 4) is 0 Å². The zero-order chi connectivity index (χ0) is 20.5. The third-order valence-electron chi connectivity index (χ3n) is 4.90. The number of carbonyl (C=O) groups is 1. The molecule has 6 nitrogen and oxygen atoms in total. The first-order chi connectivity index (χ1) is 14.1. The lowest BCUT2D eigenvalue weighted by atomic mass is 10.2. The zero-order valence-corrected chi connectivity index (χ0v) is 18.1. The Labute approximate surface area is 176 Å². The number of carbonyl (C=O) groups excluding carboxylic acids is 1. The van der Waals surface area contributed by atoms with Gasteiger partial charge >= 0.3 is 0 Å². The van der Waals surface area contributed by atoms with Gasteiger partial charge in [0.2, 0.25) is 10.0 Å². The fourth-order valence-electron chi connectivity index (χ4n) is 3.30. The maximum atomic E-state index is 12.9. The van der Waals surface area contributed by atoms with E-state index in [0.717, 1.165) is 25.7 Å². The number of amides is 1. The number of nitrogens with zero attached hydrogens (tertiary/aromatic N) is 1. The van der Waals surface area contributed by atoms with E-state index in [9.17, 15) is 13.2 Å². The van der Waals surface area contributed by atoms with Gasteiger partial charge in [0.15, 0.2) is 0 Å². The second-order valence-electron chi connectivity index (χ2n) is 7.04. The Morgan fingerprint density at radius 1 is 1.07 bits per heavy atom. The van der Waals surface area contributed by atoms with Crippen LogP contribution in [0.15, 0.2) is 46.7 Å². The molecule has 1 aliphatic rings. The molecule has 0 spiro atoms. The van der Waals surface area contributed by atoms with E-state index in [2.05, 4.69) is 17.4 Å². The molecular weight excluding hydrogens is 408 g/mol. The number of rotatable bonds is 10. The SMILES string of the molecule is O=C(NCCCOCCc1ccccc1)c1sccc1S(=O)(=O)N1CCCCC1. The minimum atomic E-state index is -3.61. The summed E-state index contributed by atoms with van der Waals surface area (Å²) < 4.78 is 32.9. The van der Waals surface area contributed by atoms with E-state index >= 15 is 0 Å². The van der Waals surface area contributed by atoms with E-state index in [1.165, 1.54) is 27.3 Å². The van der Waals surface area contributed by atoms with Crippen molar-refractivity contribution in [3.05, 3.63) is 52.2 Å². The van der Waals surface area contributed by atoms with Gasteiger partial charge in [-0.3, -0.25) is 4.79 Å². The largest absolute Gasteiger partial charge is 0.381 e. The topological polar surface area (TPSA) is 75.7 Å². The number of ether oxygens (including phenoxy) is 1. The van der Waals surface area contributed by atoms with Crippen LogP contribution in [0.1, 0.15) is 40.9 Å². The number of thiophene rings is 1. The van der Waals surface area contributed by atoms with Crippen LogP contribution >= 0.6 is 11.3 Å². The van der Waals surface area contributed by atoms with Gasteiger partial charge in [-0.1, -0.05) is 36.8 Å². The van der Waals surface area contributed by atoms with Gasteiger partial charge in [0.25, 0.3) is 5.91 Å². The molecule has 0 saturated carbocycles. The number of hydrogen-bond donors (Lipinski definition) is 1. The minimum absolute atomic E-state index is 0.126. The molecule has 1 amide bonds. The second kappa shape index (κ2) is 10.9. The quantitative estimate of drug-likeness (QED) is 0.580. The zero-order valence-electron chi connectivity index (χ0n) is 16.5. The maximum absolute atomic E-state index is 12.9. The van der Waals surface area contributed by atoms with Gasteiger partial charge < -0.3 is 10.1 Å². The molecule has 8 heteroatoms. The summed E-state index contributed by atoms with van der Waals surface area (Å²) in [5.74, 6) is -0.333. The van der Waals surface area contributed by atoms with Crippen molar-refractivity contribution in [2.24, 2.45) is 0 Å². The van der Waals surface area contributed by atoms with Gasteiger partial charge in [0.05, 0.1) is 6.61 Å². The van der Waals surface area contributed by atoms with Crippen LogP contribution in [0.2, 0.25) is 0 Å². The molecule has 1 fully saturated rings. The summed E-state index contributed by atoms with van der Waals surface area (Å²) in [6, 6.07) is 11.7. The third kappa shape index (κ3) is 6.12. The van der Waals surface area contributed by atoms with Crippen molar-refractivity contribution in [2.75, 3.05) is 32.8 Å². The molecule has 1 aromatic heterocycles. The van der Waals surface area contributed by atoms with E-state index in [-0.39, 0.29) is 15.7 Å². The van der Waals surface area contributed by atoms with Crippen LogP contribution in [-0.2, 0) is 21.2 Å². The standard InChI is InChI=1S/C21H28N2O4S2/c24-21(22-12-7-15-27-16-10-18-8-3-1-4-9-18)20-19(11-17-28-20)29(25,26)23-13-5-2-6-14-23/h1,3-4,8-9,11,17H,2,5-7,10,12-16H2,(H,22,24). The van der Waals surface area contributed by atoms with Crippen LogP contribution in [0.25, 0.3) is 0 Å². The predicted molar refractivity (Wildman–Crippen MR) is 115 cm³/mol. The lowest BCUT2D eigenvalue weighted by Gasteiger charge is -2.25. The van der Waals surface area contributed by atoms with Crippen molar-refractivity contribution < 1.29 is 17.9 Å². The lowest BCUT2D eigenvalue weighted by molar-refractivity contribution is 0.0943.